The number of aryl methyl sites for hydroxylation is 1. The van der Waals surface area contributed by atoms with E-state index in [1.807, 2.05) is 43.3 Å². The van der Waals surface area contributed by atoms with Gasteiger partial charge in [-0.3, -0.25) is 9.59 Å². The zero-order chi connectivity index (χ0) is 17.3. The van der Waals surface area contributed by atoms with Crippen LogP contribution in [0.2, 0.25) is 5.02 Å². The molecule has 24 heavy (non-hydrogen) atoms. The van der Waals surface area contributed by atoms with Crippen molar-refractivity contribution in [1.29, 1.82) is 0 Å². The summed E-state index contributed by atoms with van der Waals surface area (Å²) in [5.41, 5.74) is 3.43. The second-order valence-corrected chi connectivity index (χ2v) is 6.89. The van der Waals surface area contributed by atoms with E-state index in [1.165, 1.54) is 10.5 Å². The van der Waals surface area contributed by atoms with Crippen molar-refractivity contribution in [2.45, 2.75) is 20.3 Å². The number of hydrogen-bond donors (Lipinski definition) is 0. The van der Waals surface area contributed by atoms with E-state index in [1.54, 1.807) is 12.1 Å². The number of carbonyl (C=O) groups is 2. The molecule has 0 unspecified atom stereocenters. The fourth-order valence-corrected chi connectivity index (χ4v) is 3.56. The van der Waals surface area contributed by atoms with Crippen LogP contribution in [0.1, 0.15) is 25.0 Å². The van der Waals surface area contributed by atoms with Crippen LogP contribution in [0, 0.1) is 0 Å². The van der Waals surface area contributed by atoms with E-state index in [4.69, 9.17) is 11.6 Å². The van der Waals surface area contributed by atoms with Crippen molar-refractivity contribution in [2.75, 3.05) is 4.90 Å². The van der Waals surface area contributed by atoms with Crippen LogP contribution in [0.25, 0.3) is 5.57 Å². The Labute approximate surface area is 150 Å². The highest BCUT2D eigenvalue weighted by atomic mass is 35.5. The summed E-state index contributed by atoms with van der Waals surface area (Å²) < 4.78 is 0. The molecule has 0 bridgehead atoms. The third-order valence-electron chi connectivity index (χ3n) is 3.99. The number of amides is 2. The van der Waals surface area contributed by atoms with E-state index >= 15 is 0 Å². The molecule has 1 saturated heterocycles. The minimum Gasteiger partial charge on any atom is -0.268 e. The number of allylic oxidation sites excluding steroid dienone is 1. The highest BCUT2D eigenvalue weighted by molar-refractivity contribution is 8.19. The molecule has 2 aromatic carbocycles. The molecule has 122 valence electrons. The van der Waals surface area contributed by atoms with Crippen molar-refractivity contribution in [3.63, 3.8) is 0 Å². The average Bonchev–Trinajstić information content (AvgIpc) is 2.89. The normalized spacial score (nSPS) is 16.7. The van der Waals surface area contributed by atoms with Gasteiger partial charge in [-0.15, -0.1) is 0 Å². The Morgan fingerprint density at radius 2 is 1.67 bits per heavy atom. The fourth-order valence-electron chi connectivity index (χ4n) is 2.53. The van der Waals surface area contributed by atoms with Gasteiger partial charge in [0.25, 0.3) is 11.1 Å². The number of imide groups is 1. The molecule has 1 heterocycles. The van der Waals surface area contributed by atoms with Crippen molar-refractivity contribution in [3.8, 4) is 0 Å². The molecule has 3 rings (SSSR count). The zero-order valence-electron chi connectivity index (χ0n) is 13.4. The molecular weight excluding hydrogens is 342 g/mol. The van der Waals surface area contributed by atoms with E-state index in [2.05, 4.69) is 6.92 Å². The van der Waals surface area contributed by atoms with Crippen LogP contribution in [0.5, 0.6) is 0 Å². The van der Waals surface area contributed by atoms with E-state index in [9.17, 15) is 9.59 Å². The van der Waals surface area contributed by atoms with Gasteiger partial charge in [-0.1, -0.05) is 42.8 Å². The lowest BCUT2D eigenvalue weighted by atomic mass is 10.1. The molecule has 3 nitrogen and oxygen atoms in total. The van der Waals surface area contributed by atoms with Crippen molar-refractivity contribution in [1.82, 2.24) is 0 Å². The standard InChI is InChI=1S/C19H16ClNO2S/c1-3-13-4-10-16(11-5-13)21-18(22)17(24-19(21)23)12(2)14-6-8-15(20)9-7-14/h4-11H,3H2,1-2H3/b17-12-. The highest BCUT2D eigenvalue weighted by Crippen LogP contribution is 2.39. The van der Waals surface area contributed by atoms with Gasteiger partial charge < -0.3 is 0 Å². The minimum atomic E-state index is -0.276. The van der Waals surface area contributed by atoms with Crippen LogP contribution in [0.15, 0.2) is 53.4 Å². The van der Waals surface area contributed by atoms with Crippen molar-refractivity contribution in [2.24, 2.45) is 0 Å². The Morgan fingerprint density at radius 3 is 2.25 bits per heavy atom. The number of anilines is 1. The maximum Gasteiger partial charge on any atom is 0.298 e. The summed E-state index contributed by atoms with van der Waals surface area (Å²) in [4.78, 5) is 26.8. The molecule has 0 spiro atoms. The summed E-state index contributed by atoms with van der Waals surface area (Å²) in [7, 11) is 0. The van der Waals surface area contributed by atoms with Gasteiger partial charge >= 0.3 is 0 Å². The zero-order valence-corrected chi connectivity index (χ0v) is 14.9. The molecule has 2 aromatic rings. The molecule has 0 aliphatic carbocycles. The van der Waals surface area contributed by atoms with Crippen molar-refractivity contribution < 1.29 is 9.59 Å². The third-order valence-corrected chi connectivity index (χ3v) is 5.28. The Balaban J connectivity index is 1.95. The molecule has 0 atom stereocenters. The summed E-state index contributed by atoms with van der Waals surface area (Å²) in [6, 6.07) is 14.7. The second-order valence-electron chi connectivity index (χ2n) is 5.49. The van der Waals surface area contributed by atoms with E-state index in [0.717, 1.165) is 29.3 Å². The third kappa shape index (κ3) is 3.12. The molecule has 0 saturated carbocycles. The molecule has 1 aliphatic rings. The monoisotopic (exact) mass is 357 g/mol. The predicted molar refractivity (Wildman–Crippen MR) is 100 cm³/mol. The topological polar surface area (TPSA) is 37.4 Å². The first-order valence-corrected chi connectivity index (χ1v) is 8.82. The van der Waals surface area contributed by atoms with Crippen molar-refractivity contribution in [3.05, 3.63) is 69.6 Å². The lowest BCUT2D eigenvalue weighted by molar-refractivity contribution is -0.113. The Morgan fingerprint density at radius 1 is 1.04 bits per heavy atom. The smallest absolute Gasteiger partial charge is 0.268 e. The number of nitrogens with zero attached hydrogens (tertiary/aromatic N) is 1. The predicted octanol–water partition coefficient (Wildman–Crippen LogP) is 5.53. The van der Waals surface area contributed by atoms with Gasteiger partial charge in [0.2, 0.25) is 0 Å². The van der Waals surface area contributed by atoms with Gasteiger partial charge in [-0.05, 0) is 66.1 Å². The van der Waals surface area contributed by atoms with Crippen LogP contribution in [0.3, 0.4) is 0 Å². The number of benzene rings is 2. The molecule has 1 fully saturated rings. The van der Waals surface area contributed by atoms with Crippen LogP contribution < -0.4 is 4.90 Å². The van der Waals surface area contributed by atoms with Gasteiger partial charge in [0.05, 0.1) is 10.6 Å². The number of carbonyl (C=O) groups excluding carboxylic acids is 2. The number of hydrogen-bond acceptors (Lipinski definition) is 3. The summed E-state index contributed by atoms with van der Waals surface area (Å²) in [5, 5.41) is 0.364. The largest absolute Gasteiger partial charge is 0.298 e. The van der Waals surface area contributed by atoms with Gasteiger partial charge in [0.15, 0.2) is 0 Å². The lowest BCUT2D eigenvalue weighted by Crippen LogP contribution is -2.27. The Bertz CT molecular complexity index is 825. The quantitative estimate of drug-likeness (QED) is 0.677. The number of rotatable bonds is 3. The van der Waals surface area contributed by atoms with Crippen molar-refractivity contribution >= 4 is 45.8 Å². The summed E-state index contributed by atoms with van der Waals surface area (Å²) in [6.07, 6.45) is 0.914. The highest BCUT2D eigenvalue weighted by Gasteiger charge is 2.37. The molecule has 2 amide bonds. The van der Waals surface area contributed by atoms with Crippen LogP contribution in [-0.4, -0.2) is 11.1 Å². The van der Waals surface area contributed by atoms with Gasteiger partial charge in [-0.25, -0.2) is 4.90 Å². The number of thioether (sulfide) groups is 1. The first-order valence-electron chi connectivity index (χ1n) is 7.63. The Kier molecular flexibility index (Phi) is 4.78. The molecule has 0 radical (unpaired) electrons. The van der Waals surface area contributed by atoms with E-state index in [-0.39, 0.29) is 11.1 Å². The van der Waals surface area contributed by atoms with Gasteiger partial charge in [0, 0.05) is 5.02 Å². The van der Waals surface area contributed by atoms with Gasteiger partial charge in [-0.2, -0.15) is 0 Å². The van der Waals surface area contributed by atoms with Gasteiger partial charge in [0.1, 0.15) is 0 Å². The molecule has 5 heteroatoms. The molecule has 0 aromatic heterocycles. The first kappa shape index (κ1) is 16.8. The maximum absolute atomic E-state index is 12.8. The second kappa shape index (κ2) is 6.83. The van der Waals surface area contributed by atoms with Crippen LogP contribution in [-0.2, 0) is 11.2 Å². The van der Waals surface area contributed by atoms with E-state index in [0.29, 0.717) is 15.6 Å². The number of halogens is 1. The Hall–Kier alpha value is -2.04. The lowest BCUT2D eigenvalue weighted by Gasteiger charge is -2.13. The summed E-state index contributed by atoms with van der Waals surface area (Å²) in [5.74, 6) is -0.276. The molecule has 1 aliphatic heterocycles. The maximum atomic E-state index is 12.8. The van der Waals surface area contributed by atoms with Crippen LogP contribution >= 0.6 is 23.4 Å². The first-order chi connectivity index (χ1) is 11.5. The summed E-state index contributed by atoms with van der Waals surface area (Å²) in [6.45, 7) is 3.91. The molecular formula is C19H16ClNO2S. The average molecular weight is 358 g/mol. The molecule has 0 N–H and O–H groups in total. The summed E-state index contributed by atoms with van der Waals surface area (Å²) >= 11 is 6.88. The fraction of sp³-hybridized carbons (Fsp3) is 0.158. The van der Waals surface area contributed by atoms with E-state index < -0.39 is 0 Å². The SMILES string of the molecule is CCc1ccc(N2C(=O)S/C(=C(/C)c3ccc(Cl)cc3)C2=O)cc1. The minimum absolute atomic E-state index is 0.271. The van der Waals surface area contributed by atoms with Crippen LogP contribution in [0.4, 0.5) is 10.5 Å².